The number of benzene rings is 1. The topological polar surface area (TPSA) is 26.3 Å². The molecule has 1 aromatic rings. The highest BCUT2D eigenvalue weighted by atomic mass is 32.2. The minimum Gasteiger partial charge on any atom is -0.496 e. The normalized spacial score (nSPS) is 23.1. The fourth-order valence-electron chi connectivity index (χ4n) is 2.32. The summed E-state index contributed by atoms with van der Waals surface area (Å²) in [5, 5.41) is 0.547. The average molecular weight is 296 g/mol. The Labute approximate surface area is 123 Å². The van der Waals surface area contributed by atoms with Crippen molar-refractivity contribution in [3.63, 3.8) is 0 Å². The number of carbonyl (C=O) groups is 1. The molecule has 1 fully saturated rings. The van der Waals surface area contributed by atoms with Crippen molar-refractivity contribution in [1.29, 1.82) is 0 Å². The summed E-state index contributed by atoms with van der Waals surface area (Å²) < 4.78 is 5.35. The maximum atomic E-state index is 12.5. The van der Waals surface area contributed by atoms with Crippen LogP contribution in [0.25, 0.3) is 0 Å². The van der Waals surface area contributed by atoms with Crippen LogP contribution in [0.4, 0.5) is 0 Å². The van der Waals surface area contributed by atoms with Crippen LogP contribution in [0.15, 0.2) is 18.2 Å². The Morgan fingerprint density at radius 3 is 2.79 bits per heavy atom. The van der Waals surface area contributed by atoms with Crippen LogP contribution >= 0.6 is 23.5 Å². The summed E-state index contributed by atoms with van der Waals surface area (Å²) in [7, 11) is 1.66. The molecule has 1 aliphatic heterocycles. The molecule has 0 spiro atoms. The van der Waals surface area contributed by atoms with Crippen LogP contribution in [0.2, 0.25) is 0 Å². The molecule has 0 saturated carbocycles. The Bertz CT molecular complexity index is 459. The van der Waals surface area contributed by atoms with Gasteiger partial charge in [-0.25, -0.2) is 0 Å². The lowest BCUT2D eigenvalue weighted by Crippen LogP contribution is -2.32. The first-order valence-electron chi connectivity index (χ1n) is 6.51. The Hall–Kier alpha value is -0.610. The summed E-state index contributed by atoms with van der Waals surface area (Å²) in [6, 6.07) is 6.02. The molecule has 1 saturated heterocycles. The highest BCUT2D eigenvalue weighted by molar-refractivity contribution is 8.07. The van der Waals surface area contributed by atoms with Crippen molar-refractivity contribution in [1.82, 2.24) is 0 Å². The number of Topliss-reactive ketones (excluding diaryl/α,β-unsaturated/α-hetero) is 1. The van der Waals surface area contributed by atoms with Gasteiger partial charge in [0.1, 0.15) is 5.75 Å². The van der Waals surface area contributed by atoms with E-state index in [1.165, 1.54) is 5.56 Å². The zero-order chi connectivity index (χ0) is 13.8. The second-order valence-corrected chi connectivity index (χ2v) is 7.56. The van der Waals surface area contributed by atoms with Gasteiger partial charge >= 0.3 is 0 Å². The summed E-state index contributed by atoms with van der Waals surface area (Å²) in [6.45, 7) is 4.20. The van der Waals surface area contributed by atoms with Crippen molar-refractivity contribution in [2.24, 2.45) is 0 Å². The van der Waals surface area contributed by atoms with E-state index in [1.807, 2.05) is 30.8 Å². The van der Waals surface area contributed by atoms with Crippen molar-refractivity contribution < 1.29 is 9.53 Å². The predicted octanol–water partition coefficient (Wildman–Crippen LogP) is 3.35. The van der Waals surface area contributed by atoms with E-state index in [-0.39, 0.29) is 5.25 Å². The Morgan fingerprint density at radius 2 is 2.11 bits per heavy atom. The molecular weight excluding hydrogens is 276 g/mol. The van der Waals surface area contributed by atoms with Crippen LogP contribution in [0, 0.1) is 6.92 Å². The van der Waals surface area contributed by atoms with Crippen LogP contribution in [0.1, 0.15) is 18.1 Å². The molecule has 0 N–H and O–H groups in total. The van der Waals surface area contributed by atoms with Crippen molar-refractivity contribution in [3.05, 3.63) is 29.3 Å². The van der Waals surface area contributed by atoms with E-state index in [0.29, 0.717) is 17.5 Å². The Morgan fingerprint density at radius 1 is 1.37 bits per heavy atom. The highest BCUT2D eigenvalue weighted by Gasteiger charge is 2.29. The Balaban J connectivity index is 2.11. The zero-order valence-electron chi connectivity index (χ0n) is 11.6. The van der Waals surface area contributed by atoms with Gasteiger partial charge in [0, 0.05) is 28.7 Å². The number of ether oxygens (including phenoxy) is 1. The smallest absolute Gasteiger partial charge is 0.151 e. The number of methoxy groups -OCH3 is 1. The third-order valence-corrected chi connectivity index (χ3v) is 6.44. The van der Waals surface area contributed by atoms with Crippen LogP contribution in [-0.2, 0) is 11.2 Å². The molecule has 19 heavy (non-hydrogen) atoms. The maximum Gasteiger partial charge on any atom is 0.151 e. The molecule has 2 atom stereocenters. The van der Waals surface area contributed by atoms with Gasteiger partial charge < -0.3 is 4.74 Å². The van der Waals surface area contributed by atoms with E-state index < -0.39 is 0 Å². The molecule has 0 aliphatic carbocycles. The Kier molecular flexibility index (Phi) is 5.22. The van der Waals surface area contributed by atoms with Crippen LogP contribution in [0.5, 0.6) is 5.75 Å². The number of hydrogen-bond acceptors (Lipinski definition) is 4. The quantitative estimate of drug-likeness (QED) is 0.851. The van der Waals surface area contributed by atoms with Crippen molar-refractivity contribution in [2.45, 2.75) is 30.8 Å². The van der Waals surface area contributed by atoms with E-state index in [2.05, 4.69) is 13.0 Å². The summed E-state index contributed by atoms with van der Waals surface area (Å²) in [5.41, 5.74) is 2.18. The molecule has 0 radical (unpaired) electrons. The molecular formula is C15H20O2S2. The first kappa shape index (κ1) is 14.8. The van der Waals surface area contributed by atoms with Gasteiger partial charge in [-0.1, -0.05) is 24.6 Å². The van der Waals surface area contributed by atoms with Gasteiger partial charge in [0.25, 0.3) is 0 Å². The lowest BCUT2D eigenvalue weighted by molar-refractivity contribution is -0.117. The average Bonchev–Trinajstić information content (AvgIpc) is 2.39. The summed E-state index contributed by atoms with van der Waals surface area (Å²) in [6.07, 6.45) is 0.480. The van der Waals surface area contributed by atoms with Gasteiger partial charge in [-0.2, -0.15) is 11.8 Å². The van der Waals surface area contributed by atoms with Gasteiger partial charge in [-0.15, -0.1) is 11.8 Å². The summed E-state index contributed by atoms with van der Waals surface area (Å²) in [4.78, 5) is 12.5. The molecule has 1 heterocycles. The van der Waals surface area contributed by atoms with E-state index >= 15 is 0 Å². The first-order valence-corrected chi connectivity index (χ1v) is 8.61. The fraction of sp³-hybridized carbons (Fsp3) is 0.533. The van der Waals surface area contributed by atoms with Gasteiger partial charge in [0.05, 0.1) is 12.4 Å². The second-order valence-electron chi connectivity index (χ2n) is 4.83. The zero-order valence-corrected chi connectivity index (χ0v) is 13.3. The lowest BCUT2D eigenvalue weighted by atomic mass is 10.0. The summed E-state index contributed by atoms with van der Waals surface area (Å²) >= 11 is 3.71. The molecule has 1 aromatic carbocycles. The molecule has 2 nitrogen and oxygen atoms in total. The lowest BCUT2D eigenvalue weighted by Gasteiger charge is -2.26. The van der Waals surface area contributed by atoms with Crippen LogP contribution < -0.4 is 4.74 Å². The van der Waals surface area contributed by atoms with E-state index in [9.17, 15) is 4.79 Å². The van der Waals surface area contributed by atoms with Crippen molar-refractivity contribution in [2.75, 3.05) is 18.6 Å². The second kappa shape index (κ2) is 6.71. The molecule has 2 unspecified atom stereocenters. The molecule has 4 heteroatoms. The minimum atomic E-state index is 0.129. The minimum absolute atomic E-state index is 0.129. The number of aryl methyl sites for hydroxylation is 1. The molecule has 1 aliphatic rings. The third kappa shape index (κ3) is 3.69. The monoisotopic (exact) mass is 296 g/mol. The molecule has 0 amide bonds. The third-order valence-electron chi connectivity index (χ3n) is 3.31. The maximum absolute atomic E-state index is 12.5. The SMILES string of the molecule is COc1ccc(C)cc1CC(=O)C1SCCSC1C. The predicted molar refractivity (Wildman–Crippen MR) is 84.6 cm³/mol. The van der Waals surface area contributed by atoms with E-state index in [1.54, 1.807) is 18.9 Å². The molecule has 0 aromatic heterocycles. The molecule has 2 rings (SSSR count). The number of ketones is 1. The summed E-state index contributed by atoms with van der Waals surface area (Å²) in [5.74, 6) is 3.38. The standard InChI is InChI=1S/C15H20O2S2/c1-10-4-5-14(17-3)12(8-10)9-13(16)15-11(2)18-6-7-19-15/h4-5,8,11,15H,6-7,9H2,1-3H3. The van der Waals surface area contributed by atoms with Crippen LogP contribution in [0.3, 0.4) is 0 Å². The molecule has 104 valence electrons. The van der Waals surface area contributed by atoms with E-state index in [4.69, 9.17) is 4.74 Å². The van der Waals surface area contributed by atoms with Gasteiger partial charge in [0.15, 0.2) is 5.78 Å². The van der Waals surface area contributed by atoms with Gasteiger partial charge in [-0.3, -0.25) is 4.79 Å². The number of hydrogen-bond donors (Lipinski definition) is 0. The fourth-order valence-corrected chi connectivity index (χ4v) is 5.05. The first-order chi connectivity index (χ1) is 9.11. The largest absolute Gasteiger partial charge is 0.496 e. The number of thioether (sulfide) groups is 2. The highest BCUT2D eigenvalue weighted by Crippen LogP contribution is 2.33. The number of rotatable bonds is 4. The molecule has 0 bridgehead atoms. The van der Waals surface area contributed by atoms with Gasteiger partial charge in [0.2, 0.25) is 0 Å². The van der Waals surface area contributed by atoms with Crippen molar-refractivity contribution in [3.8, 4) is 5.75 Å². The van der Waals surface area contributed by atoms with Gasteiger partial charge in [-0.05, 0) is 13.0 Å². The van der Waals surface area contributed by atoms with Crippen LogP contribution in [-0.4, -0.2) is 34.9 Å². The number of carbonyl (C=O) groups excluding carboxylic acids is 1. The van der Waals surface area contributed by atoms with Crippen molar-refractivity contribution >= 4 is 29.3 Å². The van der Waals surface area contributed by atoms with E-state index in [0.717, 1.165) is 22.8 Å².